The van der Waals surface area contributed by atoms with E-state index in [9.17, 15) is 9.18 Å². The van der Waals surface area contributed by atoms with Gasteiger partial charge in [0.05, 0.1) is 6.42 Å². The van der Waals surface area contributed by atoms with Crippen LogP contribution in [0.3, 0.4) is 0 Å². The molecule has 0 saturated heterocycles. The molecule has 19 heavy (non-hydrogen) atoms. The van der Waals surface area contributed by atoms with Gasteiger partial charge in [-0.3, -0.25) is 4.79 Å². The Hall–Kier alpha value is -2.16. The maximum absolute atomic E-state index is 13.0. The zero-order valence-corrected chi connectivity index (χ0v) is 10.8. The predicted octanol–water partition coefficient (Wildman–Crippen LogP) is 2.99. The van der Waals surface area contributed by atoms with Crippen molar-refractivity contribution in [2.24, 2.45) is 0 Å². The van der Waals surface area contributed by atoms with Crippen LogP contribution in [0.4, 0.5) is 4.39 Å². The van der Waals surface area contributed by atoms with Crippen molar-refractivity contribution in [2.45, 2.75) is 19.9 Å². The Morgan fingerprint density at radius 1 is 1.11 bits per heavy atom. The average molecular weight is 257 g/mol. The molecular formula is C16H16FNO. The third-order valence-corrected chi connectivity index (χ3v) is 2.83. The lowest BCUT2D eigenvalue weighted by molar-refractivity contribution is -0.120. The fourth-order valence-electron chi connectivity index (χ4n) is 1.92. The van der Waals surface area contributed by atoms with E-state index in [1.165, 1.54) is 12.1 Å². The van der Waals surface area contributed by atoms with Gasteiger partial charge in [-0.25, -0.2) is 4.39 Å². The average Bonchev–Trinajstić information content (AvgIpc) is 2.36. The lowest BCUT2D eigenvalue weighted by atomic mass is 10.1. The Labute approximate surface area is 112 Å². The zero-order chi connectivity index (χ0) is 13.7. The maximum Gasteiger partial charge on any atom is 0.224 e. The molecule has 2 rings (SSSR count). The van der Waals surface area contributed by atoms with Gasteiger partial charge >= 0.3 is 0 Å². The third kappa shape index (κ3) is 4.21. The molecule has 0 atom stereocenters. The van der Waals surface area contributed by atoms with Gasteiger partial charge in [-0.05, 0) is 30.2 Å². The van der Waals surface area contributed by atoms with Gasteiger partial charge in [-0.2, -0.15) is 0 Å². The van der Waals surface area contributed by atoms with Crippen LogP contribution in [0.25, 0.3) is 0 Å². The molecule has 1 N–H and O–H groups in total. The molecule has 0 spiro atoms. The molecule has 0 aliphatic heterocycles. The molecule has 2 aromatic carbocycles. The van der Waals surface area contributed by atoms with Gasteiger partial charge in [0.2, 0.25) is 5.91 Å². The van der Waals surface area contributed by atoms with Gasteiger partial charge in [-0.15, -0.1) is 0 Å². The number of aryl methyl sites for hydroxylation is 1. The van der Waals surface area contributed by atoms with E-state index < -0.39 is 0 Å². The van der Waals surface area contributed by atoms with E-state index in [0.29, 0.717) is 12.1 Å². The summed E-state index contributed by atoms with van der Waals surface area (Å²) >= 11 is 0. The van der Waals surface area contributed by atoms with E-state index >= 15 is 0 Å². The summed E-state index contributed by atoms with van der Waals surface area (Å²) in [4.78, 5) is 11.7. The summed E-state index contributed by atoms with van der Waals surface area (Å²) < 4.78 is 13.0. The molecule has 3 heteroatoms. The minimum Gasteiger partial charge on any atom is -0.352 e. The van der Waals surface area contributed by atoms with Gasteiger partial charge in [0.25, 0.3) is 0 Å². The molecule has 0 aromatic heterocycles. The number of halogens is 1. The molecule has 0 heterocycles. The largest absolute Gasteiger partial charge is 0.352 e. The summed E-state index contributed by atoms with van der Waals surface area (Å²) in [6.07, 6.45) is 0.198. The lowest BCUT2D eigenvalue weighted by Gasteiger charge is -2.06. The van der Waals surface area contributed by atoms with E-state index in [4.69, 9.17) is 0 Å². The van der Waals surface area contributed by atoms with Crippen molar-refractivity contribution in [1.29, 1.82) is 0 Å². The highest BCUT2D eigenvalue weighted by molar-refractivity contribution is 5.78. The van der Waals surface area contributed by atoms with Crippen LogP contribution in [0.2, 0.25) is 0 Å². The minimum atomic E-state index is -0.316. The van der Waals surface area contributed by atoms with Crippen LogP contribution in [-0.4, -0.2) is 5.91 Å². The molecule has 2 nitrogen and oxygen atoms in total. The molecule has 0 unspecified atom stereocenters. The van der Waals surface area contributed by atoms with E-state index in [-0.39, 0.29) is 18.1 Å². The van der Waals surface area contributed by atoms with Gasteiger partial charge in [-0.1, -0.05) is 42.0 Å². The highest BCUT2D eigenvalue weighted by Crippen LogP contribution is 2.05. The Bertz CT molecular complexity index is 580. The van der Waals surface area contributed by atoms with E-state index in [1.807, 2.05) is 31.2 Å². The monoisotopic (exact) mass is 257 g/mol. The molecule has 1 amide bonds. The number of nitrogens with one attached hydrogen (secondary N) is 1. The second-order valence-electron chi connectivity index (χ2n) is 4.57. The highest BCUT2D eigenvalue weighted by Gasteiger charge is 2.04. The zero-order valence-electron chi connectivity index (χ0n) is 10.8. The third-order valence-electron chi connectivity index (χ3n) is 2.83. The van der Waals surface area contributed by atoms with Crippen molar-refractivity contribution in [3.8, 4) is 0 Å². The number of carbonyl (C=O) groups excluding carboxylic acids is 1. The van der Waals surface area contributed by atoms with Crippen LogP contribution in [0.15, 0.2) is 48.5 Å². The van der Waals surface area contributed by atoms with Crippen LogP contribution in [-0.2, 0) is 17.8 Å². The van der Waals surface area contributed by atoms with Crippen molar-refractivity contribution in [1.82, 2.24) is 5.32 Å². The van der Waals surface area contributed by atoms with Crippen molar-refractivity contribution < 1.29 is 9.18 Å². The van der Waals surface area contributed by atoms with Gasteiger partial charge in [0.1, 0.15) is 5.82 Å². The summed E-state index contributed by atoms with van der Waals surface area (Å²) in [6, 6.07) is 14.1. The maximum atomic E-state index is 13.0. The topological polar surface area (TPSA) is 29.1 Å². The molecule has 0 fully saturated rings. The fourth-order valence-corrected chi connectivity index (χ4v) is 1.92. The molecular weight excluding hydrogens is 241 g/mol. The Balaban J connectivity index is 1.88. The molecule has 0 aliphatic carbocycles. The molecule has 0 saturated carbocycles. The Morgan fingerprint density at radius 3 is 2.58 bits per heavy atom. The molecule has 0 bridgehead atoms. The summed E-state index contributed by atoms with van der Waals surface area (Å²) in [5, 5.41) is 2.83. The number of hydrogen-bond donors (Lipinski definition) is 1. The fraction of sp³-hybridized carbons (Fsp3) is 0.188. The first-order chi connectivity index (χ1) is 9.13. The second kappa shape index (κ2) is 6.14. The van der Waals surface area contributed by atoms with Crippen LogP contribution < -0.4 is 5.32 Å². The van der Waals surface area contributed by atoms with Crippen LogP contribution in [0.1, 0.15) is 16.7 Å². The molecule has 2 aromatic rings. The molecule has 0 radical (unpaired) electrons. The lowest BCUT2D eigenvalue weighted by Crippen LogP contribution is -2.24. The summed E-state index contributed by atoms with van der Waals surface area (Å²) in [6.45, 7) is 2.51. The van der Waals surface area contributed by atoms with Crippen molar-refractivity contribution in [3.05, 3.63) is 71.0 Å². The standard InChI is InChI=1S/C16H16FNO/c1-12-4-2-6-14(8-12)11-18-16(19)10-13-5-3-7-15(17)9-13/h2-9H,10-11H2,1H3,(H,18,19). The predicted molar refractivity (Wildman–Crippen MR) is 73.1 cm³/mol. The number of amides is 1. The van der Waals surface area contributed by atoms with Crippen LogP contribution in [0.5, 0.6) is 0 Å². The van der Waals surface area contributed by atoms with Crippen molar-refractivity contribution in [2.75, 3.05) is 0 Å². The van der Waals surface area contributed by atoms with Crippen molar-refractivity contribution in [3.63, 3.8) is 0 Å². The van der Waals surface area contributed by atoms with Crippen LogP contribution in [0, 0.1) is 12.7 Å². The number of benzene rings is 2. The first-order valence-corrected chi connectivity index (χ1v) is 6.20. The quantitative estimate of drug-likeness (QED) is 0.896. The Kier molecular flexibility index (Phi) is 4.29. The minimum absolute atomic E-state index is 0.105. The number of hydrogen-bond acceptors (Lipinski definition) is 1. The second-order valence-corrected chi connectivity index (χ2v) is 4.57. The van der Waals surface area contributed by atoms with Gasteiger partial charge in [0.15, 0.2) is 0 Å². The summed E-state index contributed by atoms with van der Waals surface area (Å²) in [5.74, 6) is -0.420. The number of rotatable bonds is 4. The first kappa shape index (κ1) is 13.3. The molecule has 0 aliphatic rings. The van der Waals surface area contributed by atoms with Crippen molar-refractivity contribution >= 4 is 5.91 Å². The summed E-state index contributed by atoms with van der Waals surface area (Å²) in [5.41, 5.74) is 2.91. The van der Waals surface area contributed by atoms with Crippen LogP contribution >= 0.6 is 0 Å². The molecule has 98 valence electrons. The smallest absolute Gasteiger partial charge is 0.224 e. The number of carbonyl (C=O) groups is 1. The highest BCUT2D eigenvalue weighted by atomic mass is 19.1. The Morgan fingerprint density at radius 2 is 1.84 bits per heavy atom. The van der Waals surface area contributed by atoms with E-state index in [1.54, 1.807) is 12.1 Å². The SMILES string of the molecule is Cc1cccc(CNC(=O)Cc2cccc(F)c2)c1. The summed E-state index contributed by atoms with van der Waals surface area (Å²) in [7, 11) is 0. The van der Waals surface area contributed by atoms with Gasteiger partial charge in [0, 0.05) is 6.54 Å². The van der Waals surface area contributed by atoms with E-state index in [0.717, 1.165) is 11.1 Å². The first-order valence-electron chi connectivity index (χ1n) is 6.20. The normalized spacial score (nSPS) is 10.2. The van der Waals surface area contributed by atoms with E-state index in [2.05, 4.69) is 5.32 Å². The van der Waals surface area contributed by atoms with Gasteiger partial charge < -0.3 is 5.32 Å².